The number of nitrogens with zero attached hydrogens (tertiary/aromatic N) is 3. The van der Waals surface area contributed by atoms with Gasteiger partial charge in [-0.25, -0.2) is 27.9 Å². The minimum atomic E-state index is -4.10. The minimum absolute atomic E-state index is 0.0153. The molecule has 0 unspecified atom stereocenters. The van der Waals surface area contributed by atoms with Crippen molar-refractivity contribution in [3.63, 3.8) is 0 Å². The Bertz CT molecular complexity index is 1090. The Morgan fingerprint density at radius 3 is 2.69 bits per heavy atom. The number of rotatable bonds is 4. The highest BCUT2D eigenvalue weighted by molar-refractivity contribution is 7.90. The van der Waals surface area contributed by atoms with Gasteiger partial charge in [0.1, 0.15) is 4.90 Å². The number of anilines is 1. The molecule has 2 aromatic heterocycles. The first-order chi connectivity index (χ1) is 12.3. The van der Waals surface area contributed by atoms with Crippen LogP contribution in [0.1, 0.15) is 10.7 Å². The van der Waals surface area contributed by atoms with E-state index in [-0.39, 0.29) is 16.7 Å². The number of benzene rings is 1. The van der Waals surface area contributed by atoms with Crippen molar-refractivity contribution in [1.82, 2.24) is 19.7 Å². The average Bonchev–Trinajstić information content (AvgIpc) is 2.93. The fourth-order valence-corrected chi connectivity index (χ4v) is 4.54. The van der Waals surface area contributed by atoms with Gasteiger partial charge in [-0.05, 0) is 26.0 Å². The highest BCUT2D eigenvalue weighted by atomic mass is 32.2. The molecule has 0 bridgehead atoms. The summed E-state index contributed by atoms with van der Waals surface area (Å²) in [5.74, 6) is 0.182. The molecule has 0 saturated carbocycles. The molecule has 0 saturated heterocycles. The highest BCUT2D eigenvalue weighted by Crippen LogP contribution is 2.28. The lowest BCUT2D eigenvalue weighted by Gasteiger charge is -2.09. The SMILES string of the molecule is COc1cc(C)nc(NC(=O)NS(=O)(=O)c2cccc3nc(C)sc23)n1. The Hall–Kier alpha value is -2.79. The normalized spacial score (nSPS) is 11.3. The fourth-order valence-electron chi connectivity index (χ4n) is 2.25. The number of thiazole rings is 1. The molecule has 0 aliphatic rings. The van der Waals surface area contributed by atoms with E-state index in [4.69, 9.17) is 4.74 Å². The molecule has 0 spiro atoms. The molecule has 136 valence electrons. The third kappa shape index (κ3) is 3.73. The summed E-state index contributed by atoms with van der Waals surface area (Å²) in [6, 6.07) is 5.30. The predicted molar refractivity (Wildman–Crippen MR) is 97.0 cm³/mol. The summed E-state index contributed by atoms with van der Waals surface area (Å²) in [4.78, 5) is 24.3. The molecule has 0 atom stereocenters. The number of methoxy groups -OCH3 is 1. The smallest absolute Gasteiger partial charge is 0.335 e. The molecule has 0 aliphatic carbocycles. The Kier molecular flexibility index (Phi) is 4.74. The first kappa shape index (κ1) is 18.0. The monoisotopic (exact) mass is 393 g/mol. The first-order valence-corrected chi connectivity index (χ1v) is 9.68. The third-order valence-electron chi connectivity index (χ3n) is 3.27. The Labute approximate surface area is 153 Å². The maximum Gasteiger partial charge on any atom is 0.335 e. The van der Waals surface area contributed by atoms with Crippen molar-refractivity contribution in [2.24, 2.45) is 0 Å². The van der Waals surface area contributed by atoms with E-state index >= 15 is 0 Å². The number of carbonyl (C=O) groups is 1. The zero-order valence-corrected chi connectivity index (χ0v) is 15.7. The van der Waals surface area contributed by atoms with Crippen molar-refractivity contribution in [2.75, 3.05) is 12.4 Å². The molecular formula is C15H15N5O4S2. The first-order valence-electron chi connectivity index (χ1n) is 7.38. The summed E-state index contributed by atoms with van der Waals surface area (Å²) in [6.45, 7) is 3.47. The number of urea groups is 1. The summed E-state index contributed by atoms with van der Waals surface area (Å²) in [5.41, 5.74) is 1.11. The number of ether oxygens (including phenoxy) is 1. The highest BCUT2D eigenvalue weighted by Gasteiger charge is 2.22. The van der Waals surface area contributed by atoms with Gasteiger partial charge in [0.15, 0.2) is 0 Å². The van der Waals surface area contributed by atoms with Crippen LogP contribution in [-0.4, -0.2) is 36.5 Å². The van der Waals surface area contributed by atoms with Crippen molar-refractivity contribution in [1.29, 1.82) is 0 Å². The maximum atomic E-state index is 12.6. The van der Waals surface area contributed by atoms with E-state index < -0.39 is 16.1 Å². The molecule has 2 heterocycles. The van der Waals surface area contributed by atoms with E-state index in [1.165, 1.54) is 24.5 Å². The van der Waals surface area contributed by atoms with Crippen molar-refractivity contribution in [3.8, 4) is 5.88 Å². The Morgan fingerprint density at radius 2 is 1.96 bits per heavy atom. The topological polar surface area (TPSA) is 123 Å². The van der Waals surface area contributed by atoms with Crippen molar-refractivity contribution >= 4 is 43.6 Å². The van der Waals surface area contributed by atoms with E-state index in [0.717, 1.165) is 5.01 Å². The third-order valence-corrected chi connectivity index (χ3v) is 5.79. The van der Waals surface area contributed by atoms with E-state index in [9.17, 15) is 13.2 Å². The van der Waals surface area contributed by atoms with Crippen LogP contribution in [0.4, 0.5) is 10.7 Å². The van der Waals surface area contributed by atoms with E-state index in [1.54, 1.807) is 32.0 Å². The van der Waals surface area contributed by atoms with Crippen LogP contribution < -0.4 is 14.8 Å². The average molecular weight is 393 g/mol. The van der Waals surface area contributed by atoms with Crippen LogP contribution in [0.25, 0.3) is 10.2 Å². The molecule has 26 heavy (non-hydrogen) atoms. The largest absolute Gasteiger partial charge is 0.481 e. The second-order valence-corrected chi connectivity index (χ2v) is 8.13. The van der Waals surface area contributed by atoms with Crippen LogP contribution in [0, 0.1) is 13.8 Å². The second-order valence-electron chi connectivity index (χ2n) is 5.27. The summed E-state index contributed by atoms with van der Waals surface area (Å²) in [5, 5.41) is 3.02. The lowest BCUT2D eigenvalue weighted by atomic mass is 10.3. The van der Waals surface area contributed by atoms with E-state index in [2.05, 4.69) is 20.3 Å². The van der Waals surface area contributed by atoms with Gasteiger partial charge >= 0.3 is 6.03 Å². The van der Waals surface area contributed by atoms with Gasteiger partial charge in [0, 0.05) is 11.8 Å². The van der Waals surface area contributed by atoms with Crippen LogP contribution in [0.5, 0.6) is 5.88 Å². The summed E-state index contributed by atoms with van der Waals surface area (Å²) in [6.07, 6.45) is 0. The van der Waals surface area contributed by atoms with Gasteiger partial charge in [0.05, 0.1) is 22.3 Å². The number of hydrogen-bond acceptors (Lipinski definition) is 8. The molecule has 3 rings (SSSR count). The second kappa shape index (κ2) is 6.84. The van der Waals surface area contributed by atoms with Gasteiger partial charge in [0.2, 0.25) is 11.8 Å². The van der Waals surface area contributed by atoms with Crippen LogP contribution in [-0.2, 0) is 10.0 Å². The Morgan fingerprint density at radius 1 is 1.19 bits per heavy atom. The number of carbonyl (C=O) groups excluding carboxylic acids is 1. The standard InChI is InChI=1S/C15H15N5O4S2/c1-8-7-12(24-3)18-14(16-8)19-15(21)20-26(22,23)11-6-4-5-10-13(11)25-9(2)17-10/h4-7H,1-3H3,(H2,16,18,19,20,21). The van der Waals surface area contributed by atoms with Crippen molar-refractivity contribution in [3.05, 3.63) is 35.0 Å². The predicted octanol–water partition coefficient (Wildman–Crippen LogP) is 2.22. The molecule has 0 radical (unpaired) electrons. The quantitative estimate of drug-likeness (QED) is 0.696. The fraction of sp³-hybridized carbons (Fsp3) is 0.200. The number of fused-ring (bicyclic) bond motifs is 1. The van der Waals surface area contributed by atoms with Crippen molar-refractivity contribution in [2.45, 2.75) is 18.7 Å². The van der Waals surface area contributed by atoms with Crippen molar-refractivity contribution < 1.29 is 17.9 Å². The molecule has 1 aromatic carbocycles. The van der Waals surface area contributed by atoms with Gasteiger partial charge in [-0.15, -0.1) is 11.3 Å². The van der Waals surface area contributed by atoms with Crippen LogP contribution >= 0.6 is 11.3 Å². The number of amides is 2. The lowest BCUT2D eigenvalue weighted by molar-refractivity contribution is 0.256. The van der Waals surface area contributed by atoms with Gasteiger partial charge in [-0.1, -0.05) is 6.07 Å². The molecular weight excluding hydrogens is 378 g/mol. The molecule has 0 fully saturated rings. The number of sulfonamides is 1. The lowest BCUT2D eigenvalue weighted by Crippen LogP contribution is -2.35. The molecule has 9 nitrogen and oxygen atoms in total. The maximum absolute atomic E-state index is 12.6. The zero-order valence-electron chi connectivity index (χ0n) is 14.1. The van der Waals surface area contributed by atoms with Gasteiger partial charge in [-0.3, -0.25) is 5.32 Å². The van der Waals surface area contributed by atoms with Crippen LogP contribution in [0.3, 0.4) is 0 Å². The molecule has 11 heteroatoms. The number of nitrogens with one attached hydrogen (secondary N) is 2. The summed E-state index contributed by atoms with van der Waals surface area (Å²) < 4.78 is 32.6. The van der Waals surface area contributed by atoms with Gasteiger partial charge < -0.3 is 4.74 Å². The van der Waals surface area contributed by atoms with E-state index in [0.29, 0.717) is 15.9 Å². The van der Waals surface area contributed by atoms with Crippen LogP contribution in [0.15, 0.2) is 29.2 Å². The number of aryl methyl sites for hydroxylation is 2. The van der Waals surface area contributed by atoms with E-state index in [1.807, 2.05) is 4.72 Å². The molecule has 0 aliphatic heterocycles. The zero-order chi connectivity index (χ0) is 18.9. The summed E-state index contributed by atoms with van der Waals surface area (Å²) in [7, 11) is -2.67. The number of aromatic nitrogens is 3. The Balaban J connectivity index is 1.85. The minimum Gasteiger partial charge on any atom is -0.481 e. The molecule has 3 aromatic rings. The number of hydrogen-bond donors (Lipinski definition) is 2. The van der Waals surface area contributed by atoms with Crippen LogP contribution in [0.2, 0.25) is 0 Å². The molecule has 2 N–H and O–H groups in total. The molecule has 2 amide bonds. The van der Waals surface area contributed by atoms with Gasteiger partial charge in [-0.2, -0.15) is 4.98 Å². The van der Waals surface area contributed by atoms with Gasteiger partial charge in [0.25, 0.3) is 10.0 Å². The summed E-state index contributed by atoms with van der Waals surface area (Å²) >= 11 is 1.24.